The molecule has 0 bridgehead atoms. The molecule has 0 saturated heterocycles. The van der Waals surface area contributed by atoms with E-state index in [-0.39, 0.29) is 4.90 Å². The fourth-order valence-corrected chi connectivity index (χ4v) is 3.42. The van der Waals surface area contributed by atoms with Crippen molar-refractivity contribution in [3.8, 4) is 5.75 Å². The Morgan fingerprint density at radius 3 is 2.74 bits per heavy atom. The van der Waals surface area contributed by atoms with Gasteiger partial charge >= 0.3 is 0 Å². The number of halogens is 1. The maximum Gasteiger partial charge on any atom is 0.263 e. The van der Waals surface area contributed by atoms with Crippen LogP contribution in [-0.4, -0.2) is 20.1 Å². The predicted octanol–water partition coefficient (Wildman–Crippen LogP) is 2.99. The SMILES string of the molecule is COc1cccc2c1c(S(=O)(=O)Cl)cn2CC1CC1. The van der Waals surface area contributed by atoms with Gasteiger partial charge in [0.15, 0.2) is 0 Å². The zero-order valence-corrected chi connectivity index (χ0v) is 12.0. The highest BCUT2D eigenvalue weighted by atomic mass is 35.7. The first-order chi connectivity index (χ1) is 9.00. The summed E-state index contributed by atoms with van der Waals surface area (Å²) in [7, 11) is 3.28. The van der Waals surface area contributed by atoms with Crippen LogP contribution in [0, 0.1) is 5.92 Å². The van der Waals surface area contributed by atoms with Crippen molar-refractivity contribution < 1.29 is 13.2 Å². The predicted molar refractivity (Wildman–Crippen MR) is 74.3 cm³/mol. The van der Waals surface area contributed by atoms with Gasteiger partial charge in [0.1, 0.15) is 10.6 Å². The maximum atomic E-state index is 11.7. The molecule has 0 amide bonds. The van der Waals surface area contributed by atoms with Crippen LogP contribution in [0.3, 0.4) is 0 Å². The lowest BCUT2D eigenvalue weighted by Gasteiger charge is -2.05. The molecule has 1 fully saturated rings. The summed E-state index contributed by atoms with van der Waals surface area (Å²) < 4.78 is 30.7. The van der Waals surface area contributed by atoms with E-state index in [9.17, 15) is 8.42 Å². The highest BCUT2D eigenvalue weighted by Crippen LogP contribution is 2.38. The molecule has 3 rings (SSSR count). The highest BCUT2D eigenvalue weighted by molar-refractivity contribution is 8.14. The van der Waals surface area contributed by atoms with Gasteiger partial charge in [-0.05, 0) is 30.9 Å². The Hall–Kier alpha value is -1.20. The number of hydrogen-bond donors (Lipinski definition) is 0. The van der Waals surface area contributed by atoms with Crippen molar-refractivity contribution in [2.45, 2.75) is 24.3 Å². The zero-order chi connectivity index (χ0) is 13.6. The molecule has 0 atom stereocenters. The van der Waals surface area contributed by atoms with Gasteiger partial charge in [-0.2, -0.15) is 0 Å². The lowest BCUT2D eigenvalue weighted by atomic mass is 10.2. The summed E-state index contributed by atoms with van der Waals surface area (Å²) in [6, 6.07) is 5.50. The number of methoxy groups -OCH3 is 1. The Bertz CT molecular complexity index is 732. The molecule has 1 saturated carbocycles. The Morgan fingerprint density at radius 1 is 1.42 bits per heavy atom. The summed E-state index contributed by atoms with van der Waals surface area (Å²) in [6.45, 7) is 0.829. The van der Waals surface area contributed by atoms with Gasteiger partial charge in [-0.1, -0.05) is 6.07 Å². The van der Waals surface area contributed by atoms with Crippen molar-refractivity contribution in [2.75, 3.05) is 7.11 Å². The summed E-state index contributed by atoms with van der Waals surface area (Å²) >= 11 is 0. The molecule has 1 aliphatic rings. The number of aromatic nitrogens is 1. The van der Waals surface area contributed by atoms with Crippen LogP contribution in [0.25, 0.3) is 10.9 Å². The van der Waals surface area contributed by atoms with Gasteiger partial charge in [0.2, 0.25) is 0 Å². The minimum Gasteiger partial charge on any atom is -0.496 e. The van der Waals surface area contributed by atoms with Crippen molar-refractivity contribution >= 4 is 30.6 Å². The molecule has 0 N–H and O–H groups in total. The molecular weight excluding hydrogens is 286 g/mol. The average molecular weight is 300 g/mol. The molecule has 4 nitrogen and oxygen atoms in total. The summed E-state index contributed by atoms with van der Waals surface area (Å²) in [4.78, 5) is 0.127. The largest absolute Gasteiger partial charge is 0.496 e. The van der Waals surface area contributed by atoms with Crippen LogP contribution in [0.2, 0.25) is 0 Å². The van der Waals surface area contributed by atoms with E-state index in [1.165, 1.54) is 20.0 Å². The van der Waals surface area contributed by atoms with Crippen LogP contribution in [-0.2, 0) is 15.6 Å². The van der Waals surface area contributed by atoms with Crippen LogP contribution >= 0.6 is 10.7 Å². The molecule has 0 unspecified atom stereocenters. The van der Waals surface area contributed by atoms with Crippen LogP contribution in [0.5, 0.6) is 5.75 Å². The second-order valence-corrected chi connectivity index (χ2v) is 7.42. The van der Waals surface area contributed by atoms with E-state index in [2.05, 4.69) is 0 Å². The van der Waals surface area contributed by atoms with E-state index in [1.54, 1.807) is 12.3 Å². The monoisotopic (exact) mass is 299 g/mol. The first kappa shape index (κ1) is 12.8. The Labute approximate surface area is 116 Å². The zero-order valence-electron chi connectivity index (χ0n) is 10.5. The van der Waals surface area contributed by atoms with E-state index in [0.717, 1.165) is 12.1 Å². The van der Waals surface area contributed by atoms with Gasteiger partial charge in [0.05, 0.1) is 18.0 Å². The third-order valence-electron chi connectivity index (χ3n) is 3.47. The fourth-order valence-electron chi connectivity index (χ4n) is 2.37. The molecular formula is C13H14ClNO3S. The molecule has 19 heavy (non-hydrogen) atoms. The van der Waals surface area contributed by atoms with E-state index < -0.39 is 9.05 Å². The molecule has 1 aromatic carbocycles. The Kier molecular flexibility index (Phi) is 2.98. The minimum atomic E-state index is -3.79. The van der Waals surface area contributed by atoms with Crippen LogP contribution < -0.4 is 4.74 Å². The number of hydrogen-bond acceptors (Lipinski definition) is 3. The second kappa shape index (κ2) is 4.42. The second-order valence-electron chi connectivity index (χ2n) is 4.88. The Balaban J connectivity index is 2.28. The molecule has 1 aliphatic carbocycles. The first-order valence-electron chi connectivity index (χ1n) is 6.11. The van der Waals surface area contributed by atoms with Gasteiger partial charge in [-0.25, -0.2) is 8.42 Å². The summed E-state index contributed by atoms with van der Waals surface area (Å²) in [5.41, 5.74) is 0.852. The Morgan fingerprint density at radius 2 is 2.16 bits per heavy atom. The summed E-state index contributed by atoms with van der Waals surface area (Å²) in [5.74, 6) is 1.18. The number of nitrogens with zero attached hydrogens (tertiary/aromatic N) is 1. The lowest BCUT2D eigenvalue weighted by molar-refractivity contribution is 0.419. The van der Waals surface area contributed by atoms with E-state index in [4.69, 9.17) is 15.4 Å². The third-order valence-corrected chi connectivity index (χ3v) is 4.80. The van der Waals surface area contributed by atoms with Crippen molar-refractivity contribution in [1.29, 1.82) is 0 Å². The van der Waals surface area contributed by atoms with Gasteiger partial charge in [0, 0.05) is 23.4 Å². The van der Waals surface area contributed by atoms with Crippen molar-refractivity contribution in [3.63, 3.8) is 0 Å². The van der Waals surface area contributed by atoms with Crippen molar-refractivity contribution in [2.24, 2.45) is 5.92 Å². The first-order valence-corrected chi connectivity index (χ1v) is 8.42. The molecule has 2 aromatic rings. The van der Waals surface area contributed by atoms with Crippen molar-refractivity contribution in [1.82, 2.24) is 4.57 Å². The normalized spacial score (nSPS) is 15.9. The summed E-state index contributed by atoms with van der Waals surface area (Å²) in [6.07, 6.45) is 4.02. The smallest absolute Gasteiger partial charge is 0.263 e. The fraction of sp³-hybridized carbons (Fsp3) is 0.385. The van der Waals surface area contributed by atoms with E-state index >= 15 is 0 Å². The van der Waals surface area contributed by atoms with Crippen LogP contribution in [0.1, 0.15) is 12.8 Å². The van der Waals surface area contributed by atoms with E-state index in [1.807, 2.05) is 16.7 Å². The van der Waals surface area contributed by atoms with Gasteiger partial charge in [-0.15, -0.1) is 0 Å². The van der Waals surface area contributed by atoms with Crippen LogP contribution in [0.4, 0.5) is 0 Å². The molecule has 0 radical (unpaired) electrons. The number of fused-ring (bicyclic) bond motifs is 1. The molecule has 0 aliphatic heterocycles. The third kappa shape index (κ3) is 2.32. The lowest BCUT2D eigenvalue weighted by Crippen LogP contribution is -1.97. The number of benzene rings is 1. The molecule has 102 valence electrons. The highest BCUT2D eigenvalue weighted by Gasteiger charge is 2.26. The van der Waals surface area contributed by atoms with Gasteiger partial charge in [0.25, 0.3) is 9.05 Å². The molecule has 1 heterocycles. The van der Waals surface area contributed by atoms with Crippen LogP contribution in [0.15, 0.2) is 29.3 Å². The molecule has 0 spiro atoms. The average Bonchev–Trinajstić information content (AvgIpc) is 3.08. The number of rotatable bonds is 4. The number of ether oxygens (including phenoxy) is 1. The maximum absolute atomic E-state index is 11.7. The quantitative estimate of drug-likeness (QED) is 0.816. The summed E-state index contributed by atoms with van der Waals surface area (Å²) in [5, 5.41) is 0.570. The van der Waals surface area contributed by atoms with Gasteiger partial charge in [-0.3, -0.25) is 0 Å². The van der Waals surface area contributed by atoms with E-state index in [0.29, 0.717) is 17.1 Å². The topological polar surface area (TPSA) is 48.3 Å². The van der Waals surface area contributed by atoms with Crippen molar-refractivity contribution in [3.05, 3.63) is 24.4 Å². The molecule has 6 heteroatoms. The van der Waals surface area contributed by atoms with Gasteiger partial charge < -0.3 is 9.30 Å². The standard InChI is InChI=1S/C13H14ClNO3S/c1-18-11-4-2-3-10-13(11)12(19(14,16)17)8-15(10)7-9-5-6-9/h2-4,8-9H,5-7H2,1H3. The molecule has 1 aromatic heterocycles. The minimum absolute atomic E-state index is 0.127.